The van der Waals surface area contributed by atoms with Crippen LogP contribution >= 0.6 is 0 Å². The Morgan fingerprint density at radius 1 is 1.22 bits per heavy atom. The van der Waals surface area contributed by atoms with E-state index in [1.165, 1.54) is 0 Å². The van der Waals surface area contributed by atoms with Gasteiger partial charge < -0.3 is 15.5 Å². The molecular formula is C25H28N6O. The Kier molecular flexibility index (Phi) is 5.32. The summed E-state index contributed by atoms with van der Waals surface area (Å²) in [7, 11) is 0. The van der Waals surface area contributed by atoms with Crippen molar-refractivity contribution < 1.29 is 4.79 Å². The number of amides is 1. The number of nitrogens with zero attached hydrogens (tertiary/aromatic N) is 5. The summed E-state index contributed by atoms with van der Waals surface area (Å²) in [5.41, 5.74) is 10.2. The second kappa shape index (κ2) is 8.29. The zero-order valence-electron chi connectivity index (χ0n) is 18.4. The number of hydrogen-bond acceptors (Lipinski definition) is 5. The average molecular weight is 429 g/mol. The van der Waals surface area contributed by atoms with E-state index < -0.39 is 0 Å². The number of carbonyl (C=O) groups is 1. The number of hydrogen-bond donors (Lipinski definition) is 1. The lowest BCUT2D eigenvalue weighted by molar-refractivity contribution is 0.0605. The highest BCUT2D eigenvalue weighted by molar-refractivity contribution is 5.95. The number of piperidine rings is 1. The zero-order chi connectivity index (χ0) is 22.2. The zero-order valence-corrected chi connectivity index (χ0v) is 18.4. The summed E-state index contributed by atoms with van der Waals surface area (Å²) in [6.45, 7) is 4.52. The first-order valence-corrected chi connectivity index (χ1v) is 11.3. The topological polar surface area (TPSA) is 79.8 Å². The maximum Gasteiger partial charge on any atom is 0.254 e. The minimum atomic E-state index is -0.0728. The second-order valence-corrected chi connectivity index (χ2v) is 8.85. The molecule has 7 heteroatoms. The molecule has 164 valence electrons. The molecule has 0 unspecified atom stereocenters. The molecule has 2 atom stereocenters. The van der Waals surface area contributed by atoms with Gasteiger partial charge in [-0.05, 0) is 50.8 Å². The third-order valence-corrected chi connectivity index (χ3v) is 6.53. The number of aryl methyl sites for hydroxylation is 1. The van der Waals surface area contributed by atoms with E-state index in [-0.39, 0.29) is 18.0 Å². The van der Waals surface area contributed by atoms with Crippen LogP contribution in [0.4, 0.5) is 5.82 Å². The molecule has 2 fully saturated rings. The molecule has 32 heavy (non-hydrogen) atoms. The van der Waals surface area contributed by atoms with E-state index in [4.69, 9.17) is 22.2 Å². The maximum atomic E-state index is 13.4. The molecule has 1 aromatic carbocycles. The Labute approximate surface area is 188 Å². The van der Waals surface area contributed by atoms with Crippen molar-refractivity contribution in [2.45, 2.75) is 44.7 Å². The number of carbonyl (C=O) groups excluding carboxylic acids is 1. The van der Waals surface area contributed by atoms with E-state index in [0.717, 1.165) is 61.5 Å². The van der Waals surface area contributed by atoms with Gasteiger partial charge in [0, 0.05) is 54.6 Å². The van der Waals surface area contributed by atoms with Crippen LogP contribution in [-0.4, -0.2) is 51.1 Å². The normalized spacial score (nSPS) is 21.2. The van der Waals surface area contributed by atoms with Crippen molar-refractivity contribution in [3.05, 3.63) is 58.9 Å². The third-order valence-electron chi connectivity index (χ3n) is 6.53. The first kappa shape index (κ1) is 20.5. The van der Waals surface area contributed by atoms with Gasteiger partial charge in [-0.1, -0.05) is 12.0 Å². The molecule has 2 aromatic heterocycles. The molecule has 0 bridgehead atoms. The van der Waals surface area contributed by atoms with Crippen molar-refractivity contribution in [2.75, 3.05) is 24.5 Å². The Morgan fingerprint density at radius 2 is 2.09 bits per heavy atom. The van der Waals surface area contributed by atoms with Crippen LogP contribution in [0.5, 0.6) is 0 Å². The van der Waals surface area contributed by atoms with Gasteiger partial charge in [0.15, 0.2) is 5.65 Å². The van der Waals surface area contributed by atoms with Crippen molar-refractivity contribution in [1.82, 2.24) is 19.5 Å². The van der Waals surface area contributed by atoms with Crippen LogP contribution < -0.4 is 10.6 Å². The van der Waals surface area contributed by atoms with Gasteiger partial charge in [-0.15, -0.1) is 6.42 Å². The van der Waals surface area contributed by atoms with E-state index in [2.05, 4.69) is 17.7 Å². The van der Waals surface area contributed by atoms with Crippen molar-refractivity contribution >= 4 is 17.4 Å². The lowest BCUT2D eigenvalue weighted by Crippen LogP contribution is -2.38. The fourth-order valence-electron chi connectivity index (χ4n) is 4.87. The molecule has 2 aliphatic heterocycles. The number of likely N-dealkylation sites (tertiary alicyclic amines) is 1. The first-order chi connectivity index (χ1) is 15.5. The van der Waals surface area contributed by atoms with Crippen LogP contribution in [0.15, 0.2) is 36.5 Å². The predicted molar refractivity (Wildman–Crippen MR) is 125 cm³/mol. The highest BCUT2D eigenvalue weighted by Gasteiger charge is 2.31. The minimum absolute atomic E-state index is 0.000241. The van der Waals surface area contributed by atoms with E-state index >= 15 is 0 Å². The van der Waals surface area contributed by atoms with Crippen molar-refractivity contribution in [1.29, 1.82) is 0 Å². The fourth-order valence-corrected chi connectivity index (χ4v) is 4.87. The summed E-state index contributed by atoms with van der Waals surface area (Å²) in [5.74, 6) is 3.59. The lowest BCUT2D eigenvalue weighted by Gasteiger charge is -2.34. The van der Waals surface area contributed by atoms with Gasteiger partial charge in [0.05, 0.1) is 11.7 Å². The molecule has 2 aliphatic rings. The molecule has 0 aliphatic carbocycles. The average Bonchev–Trinajstić information content (AvgIpc) is 3.43. The van der Waals surface area contributed by atoms with Crippen LogP contribution in [0.3, 0.4) is 0 Å². The summed E-state index contributed by atoms with van der Waals surface area (Å²) >= 11 is 0. The van der Waals surface area contributed by atoms with Gasteiger partial charge in [-0.25, -0.2) is 9.50 Å². The van der Waals surface area contributed by atoms with Gasteiger partial charge in [-0.2, -0.15) is 5.10 Å². The second-order valence-electron chi connectivity index (χ2n) is 8.85. The largest absolute Gasteiger partial charge is 0.355 e. The van der Waals surface area contributed by atoms with Gasteiger partial charge in [-0.3, -0.25) is 4.79 Å². The van der Waals surface area contributed by atoms with Gasteiger partial charge >= 0.3 is 0 Å². The van der Waals surface area contributed by atoms with Crippen LogP contribution in [0.2, 0.25) is 0 Å². The molecule has 0 radical (unpaired) electrons. The molecule has 3 aromatic rings. The summed E-state index contributed by atoms with van der Waals surface area (Å²) in [6, 6.07) is 9.44. The highest BCUT2D eigenvalue weighted by Crippen LogP contribution is 2.32. The molecule has 2 N–H and O–H groups in total. The molecule has 5 rings (SSSR count). The number of rotatable bonds is 3. The number of benzene rings is 1. The van der Waals surface area contributed by atoms with Crippen molar-refractivity contribution in [2.24, 2.45) is 5.73 Å². The SMILES string of the molecule is C#Cc1cccc(C(=O)N2CCCC[C@H]2c2cc3nc(N4CC[C@H](N)C4)c(C)cn3n2)c1. The van der Waals surface area contributed by atoms with Gasteiger partial charge in [0.1, 0.15) is 5.82 Å². The number of fused-ring (bicyclic) bond motifs is 1. The summed E-state index contributed by atoms with van der Waals surface area (Å²) in [6.07, 6.45) is 11.5. The van der Waals surface area contributed by atoms with Crippen LogP contribution in [-0.2, 0) is 0 Å². The van der Waals surface area contributed by atoms with Crippen molar-refractivity contribution in [3.63, 3.8) is 0 Å². The third kappa shape index (κ3) is 3.71. The monoisotopic (exact) mass is 428 g/mol. The highest BCUT2D eigenvalue weighted by atomic mass is 16.2. The molecule has 1 amide bonds. The lowest BCUT2D eigenvalue weighted by atomic mass is 9.98. The molecule has 0 spiro atoms. The standard InChI is InChI=1S/C25H28N6O/c1-3-18-7-6-8-19(13-18)25(32)30-11-5-4-9-22(30)21-14-23-27-24(17(2)15-31(23)28-21)29-12-10-20(26)16-29/h1,6-8,13-15,20,22H,4-5,9-12,16,26H2,2H3/t20-,22-/m0/s1. The van der Waals surface area contributed by atoms with E-state index in [1.54, 1.807) is 6.07 Å². The summed E-state index contributed by atoms with van der Waals surface area (Å²) < 4.78 is 1.83. The minimum Gasteiger partial charge on any atom is -0.355 e. The quantitative estimate of drug-likeness (QED) is 0.649. The van der Waals surface area contributed by atoms with Gasteiger partial charge in [0.25, 0.3) is 5.91 Å². The smallest absolute Gasteiger partial charge is 0.254 e. The Hall–Kier alpha value is -3.37. The van der Waals surface area contributed by atoms with Crippen molar-refractivity contribution in [3.8, 4) is 12.3 Å². The van der Waals surface area contributed by atoms with E-state index in [1.807, 2.05) is 39.9 Å². The van der Waals surface area contributed by atoms with Gasteiger partial charge in [0.2, 0.25) is 0 Å². The molecule has 0 saturated carbocycles. The Bertz CT molecular complexity index is 1210. The molecule has 7 nitrogen and oxygen atoms in total. The number of anilines is 1. The molecular weight excluding hydrogens is 400 g/mol. The predicted octanol–water partition coefficient (Wildman–Crippen LogP) is 2.92. The molecule has 4 heterocycles. The Balaban J connectivity index is 1.47. The molecule has 2 saturated heterocycles. The van der Waals surface area contributed by atoms with E-state index in [9.17, 15) is 4.79 Å². The number of aromatic nitrogens is 3. The van der Waals surface area contributed by atoms with Crippen LogP contribution in [0.1, 0.15) is 58.9 Å². The number of nitrogens with two attached hydrogens (primary N) is 1. The van der Waals surface area contributed by atoms with Crippen LogP contribution in [0, 0.1) is 19.3 Å². The fraction of sp³-hybridized carbons (Fsp3) is 0.400. The maximum absolute atomic E-state index is 13.4. The first-order valence-electron chi connectivity index (χ1n) is 11.3. The Morgan fingerprint density at radius 3 is 2.88 bits per heavy atom. The van der Waals surface area contributed by atoms with E-state index in [0.29, 0.717) is 17.7 Å². The number of terminal acetylenes is 1. The summed E-state index contributed by atoms with van der Waals surface area (Å²) in [4.78, 5) is 22.5. The van der Waals surface area contributed by atoms with Crippen LogP contribution in [0.25, 0.3) is 5.65 Å². The summed E-state index contributed by atoms with van der Waals surface area (Å²) in [5, 5.41) is 4.82.